The fourth-order valence-corrected chi connectivity index (χ4v) is 3.04. The molecule has 3 N–H and O–H groups in total. The Morgan fingerprint density at radius 1 is 1.21 bits per heavy atom. The van der Waals surface area contributed by atoms with E-state index in [0.29, 0.717) is 27.7 Å². The van der Waals surface area contributed by atoms with Gasteiger partial charge in [-0.1, -0.05) is 12.1 Å². The van der Waals surface area contributed by atoms with E-state index in [2.05, 4.69) is 10.3 Å². The van der Waals surface area contributed by atoms with Crippen molar-refractivity contribution in [2.45, 2.75) is 0 Å². The van der Waals surface area contributed by atoms with Gasteiger partial charge in [-0.2, -0.15) is 5.26 Å². The van der Waals surface area contributed by atoms with Gasteiger partial charge in [-0.15, -0.1) is 11.3 Å². The van der Waals surface area contributed by atoms with Gasteiger partial charge in [0.2, 0.25) is 0 Å². The van der Waals surface area contributed by atoms with Crippen molar-refractivity contribution in [1.82, 2.24) is 4.98 Å². The van der Waals surface area contributed by atoms with Crippen molar-refractivity contribution < 1.29 is 19.7 Å². The van der Waals surface area contributed by atoms with Crippen molar-refractivity contribution in [2.75, 3.05) is 12.4 Å². The summed E-state index contributed by atoms with van der Waals surface area (Å²) in [7, 11) is 1.56. The predicted molar refractivity (Wildman–Crippen MR) is 106 cm³/mol. The van der Waals surface area contributed by atoms with Crippen LogP contribution in [0.2, 0.25) is 0 Å². The van der Waals surface area contributed by atoms with Crippen LogP contribution < -0.4 is 10.1 Å². The molecule has 0 aliphatic carbocycles. The Hall–Kier alpha value is -3.83. The van der Waals surface area contributed by atoms with Crippen molar-refractivity contribution >= 4 is 28.5 Å². The number of benzene rings is 2. The fraction of sp³-hybridized carbons (Fsp3) is 0.0500. The van der Waals surface area contributed by atoms with Crippen LogP contribution in [0.25, 0.3) is 17.3 Å². The normalized spacial score (nSPS) is 10.9. The van der Waals surface area contributed by atoms with E-state index in [1.165, 1.54) is 29.5 Å². The van der Waals surface area contributed by atoms with Crippen LogP contribution in [-0.4, -0.2) is 28.2 Å². The van der Waals surface area contributed by atoms with Crippen LogP contribution in [0.4, 0.5) is 5.13 Å². The monoisotopic (exact) mass is 393 g/mol. The molecule has 0 aliphatic rings. The zero-order valence-electron chi connectivity index (χ0n) is 14.7. The highest BCUT2D eigenvalue weighted by molar-refractivity contribution is 7.14. The number of anilines is 1. The van der Waals surface area contributed by atoms with Gasteiger partial charge in [0.15, 0.2) is 16.6 Å². The number of phenolic OH excluding ortho intramolecular Hbond substituents is 2. The van der Waals surface area contributed by atoms with Gasteiger partial charge < -0.3 is 14.9 Å². The molecule has 140 valence electrons. The summed E-state index contributed by atoms with van der Waals surface area (Å²) in [6.07, 6.45) is 1.47. The van der Waals surface area contributed by atoms with E-state index in [1.807, 2.05) is 6.07 Å². The van der Waals surface area contributed by atoms with Gasteiger partial charge in [0.1, 0.15) is 17.4 Å². The molecule has 2 aromatic carbocycles. The first kappa shape index (κ1) is 18.9. The molecule has 8 heteroatoms. The number of methoxy groups -OCH3 is 1. The van der Waals surface area contributed by atoms with Crippen LogP contribution in [0, 0.1) is 11.3 Å². The maximum Gasteiger partial charge on any atom is 0.268 e. The third-order valence-electron chi connectivity index (χ3n) is 3.79. The highest BCUT2D eigenvalue weighted by Gasteiger charge is 2.13. The average molecular weight is 393 g/mol. The Labute approximate surface area is 164 Å². The van der Waals surface area contributed by atoms with E-state index in [9.17, 15) is 20.3 Å². The molecule has 0 fully saturated rings. The molecule has 0 saturated heterocycles. The number of nitrogens with one attached hydrogen (secondary N) is 1. The van der Waals surface area contributed by atoms with Gasteiger partial charge in [0, 0.05) is 10.9 Å². The minimum absolute atomic E-state index is 0.0656. The summed E-state index contributed by atoms with van der Waals surface area (Å²) >= 11 is 1.18. The zero-order chi connectivity index (χ0) is 20.1. The molecule has 0 radical (unpaired) electrons. The predicted octanol–water partition coefficient (Wildman–Crippen LogP) is 3.78. The van der Waals surface area contributed by atoms with Crippen LogP contribution in [0.3, 0.4) is 0 Å². The molecule has 0 atom stereocenters. The number of rotatable bonds is 5. The van der Waals surface area contributed by atoms with Gasteiger partial charge in [0.25, 0.3) is 5.91 Å². The number of thiazole rings is 1. The van der Waals surface area contributed by atoms with E-state index in [0.717, 1.165) is 0 Å². The first-order valence-corrected chi connectivity index (χ1v) is 8.93. The third-order valence-corrected chi connectivity index (χ3v) is 4.55. The summed E-state index contributed by atoms with van der Waals surface area (Å²) in [6, 6.07) is 13.2. The number of amides is 1. The van der Waals surface area contributed by atoms with Gasteiger partial charge >= 0.3 is 0 Å². The number of aromatic hydroxyl groups is 2. The average Bonchev–Trinajstić information content (AvgIpc) is 3.17. The van der Waals surface area contributed by atoms with Gasteiger partial charge in [-0.3, -0.25) is 10.1 Å². The number of phenols is 2. The SMILES string of the molecule is COc1ccc(/C=C(\C#N)C(=O)Nc2nc(-c3ccc(O)c(O)c3)cs2)cc1. The van der Waals surface area contributed by atoms with Crippen molar-refractivity contribution in [3.05, 3.63) is 59.0 Å². The van der Waals surface area contributed by atoms with Gasteiger partial charge in [-0.05, 0) is 42.0 Å². The second-order valence-corrected chi connectivity index (χ2v) is 6.50. The summed E-state index contributed by atoms with van der Waals surface area (Å²) in [5.41, 5.74) is 1.73. The third kappa shape index (κ3) is 4.28. The van der Waals surface area contributed by atoms with Crippen molar-refractivity contribution in [3.63, 3.8) is 0 Å². The number of hydrogen-bond donors (Lipinski definition) is 3. The minimum atomic E-state index is -0.576. The van der Waals surface area contributed by atoms with Gasteiger partial charge in [-0.25, -0.2) is 4.98 Å². The number of carbonyl (C=O) groups excluding carboxylic acids is 1. The maximum atomic E-state index is 12.4. The Morgan fingerprint density at radius 3 is 2.61 bits per heavy atom. The Morgan fingerprint density at radius 2 is 1.96 bits per heavy atom. The van der Waals surface area contributed by atoms with E-state index in [-0.39, 0.29) is 17.1 Å². The number of aromatic nitrogens is 1. The summed E-state index contributed by atoms with van der Waals surface area (Å²) in [5.74, 6) is -0.386. The number of carbonyl (C=O) groups is 1. The lowest BCUT2D eigenvalue weighted by Gasteiger charge is -2.02. The molecule has 0 saturated carbocycles. The molecule has 0 unspecified atom stereocenters. The van der Waals surface area contributed by atoms with Crippen molar-refractivity contribution in [2.24, 2.45) is 0 Å². The molecule has 1 amide bonds. The molecule has 1 heterocycles. The first-order valence-electron chi connectivity index (χ1n) is 8.05. The second kappa shape index (κ2) is 8.24. The number of hydrogen-bond acceptors (Lipinski definition) is 7. The fourth-order valence-electron chi connectivity index (χ4n) is 2.33. The molecule has 7 nitrogen and oxygen atoms in total. The lowest BCUT2D eigenvalue weighted by molar-refractivity contribution is -0.112. The molecule has 0 aliphatic heterocycles. The van der Waals surface area contributed by atoms with Crippen LogP contribution in [0.5, 0.6) is 17.2 Å². The van der Waals surface area contributed by atoms with Crippen molar-refractivity contribution in [3.8, 4) is 34.6 Å². The summed E-state index contributed by atoms with van der Waals surface area (Å²) in [6.45, 7) is 0. The molecular weight excluding hydrogens is 378 g/mol. The van der Waals surface area contributed by atoms with Gasteiger partial charge in [0.05, 0.1) is 12.8 Å². The van der Waals surface area contributed by atoms with Crippen LogP contribution in [0.1, 0.15) is 5.56 Å². The highest BCUT2D eigenvalue weighted by atomic mass is 32.1. The van der Waals surface area contributed by atoms with Crippen LogP contribution in [0.15, 0.2) is 53.4 Å². The Balaban J connectivity index is 1.76. The molecule has 3 aromatic rings. The topological polar surface area (TPSA) is 115 Å². The highest BCUT2D eigenvalue weighted by Crippen LogP contribution is 2.32. The molecule has 0 spiro atoms. The lowest BCUT2D eigenvalue weighted by Crippen LogP contribution is -2.13. The van der Waals surface area contributed by atoms with Crippen LogP contribution in [-0.2, 0) is 4.79 Å². The first-order chi connectivity index (χ1) is 13.5. The largest absolute Gasteiger partial charge is 0.504 e. The lowest BCUT2D eigenvalue weighted by atomic mass is 10.1. The molecule has 0 bridgehead atoms. The summed E-state index contributed by atoms with van der Waals surface area (Å²) < 4.78 is 5.08. The smallest absolute Gasteiger partial charge is 0.268 e. The molecular formula is C20H15N3O4S. The summed E-state index contributed by atoms with van der Waals surface area (Å²) in [5, 5.41) is 32.9. The number of nitriles is 1. The van der Waals surface area contributed by atoms with Crippen molar-refractivity contribution in [1.29, 1.82) is 5.26 Å². The summed E-state index contributed by atoms with van der Waals surface area (Å²) in [4.78, 5) is 16.7. The molecule has 1 aromatic heterocycles. The minimum Gasteiger partial charge on any atom is -0.504 e. The zero-order valence-corrected chi connectivity index (χ0v) is 15.5. The Kier molecular flexibility index (Phi) is 5.58. The second-order valence-electron chi connectivity index (χ2n) is 5.64. The molecule has 28 heavy (non-hydrogen) atoms. The van der Waals surface area contributed by atoms with E-state index in [1.54, 1.807) is 42.8 Å². The Bertz CT molecular complexity index is 1080. The van der Waals surface area contributed by atoms with Crippen LogP contribution >= 0.6 is 11.3 Å². The van der Waals surface area contributed by atoms with E-state index >= 15 is 0 Å². The number of nitrogens with zero attached hydrogens (tertiary/aromatic N) is 2. The molecule has 3 rings (SSSR count). The number of ether oxygens (including phenoxy) is 1. The quantitative estimate of drug-likeness (QED) is 0.345. The standard InChI is InChI=1S/C20H15N3O4S/c1-27-15-5-2-12(3-6-15)8-14(10-21)19(26)23-20-22-16(11-28-20)13-4-7-17(24)18(25)9-13/h2-9,11,24-25H,1H3,(H,22,23,26)/b14-8+. The maximum absolute atomic E-state index is 12.4. The van der Waals surface area contributed by atoms with E-state index < -0.39 is 5.91 Å². The van der Waals surface area contributed by atoms with E-state index in [4.69, 9.17) is 4.74 Å².